The maximum Gasteiger partial charge on any atom is 0.229 e. The number of likely N-dealkylation sites (tertiary alicyclic amines) is 1. The largest absolute Gasteiger partial charge is 0.335 e. The molecule has 1 aliphatic heterocycles. The molecule has 0 aliphatic carbocycles. The van der Waals surface area contributed by atoms with E-state index in [0.717, 1.165) is 11.1 Å². The van der Waals surface area contributed by atoms with Gasteiger partial charge in [0, 0.05) is 23.7 Å². The molecule has 0 saturated carbocycles. The molecule has 5 heteroatoms. The molecule has 0 spiro atoms. The van der Waals surface area contributed by atoms with E-state index in [4.69, 9.17) is 11.6 Å². The zero-order chi connectivity index (χ0) is 18.0. The van der Waals surface area contributed by atoms with Gasteiger partial charge in [-0.25, -0.2) is 0 Å². The SMILES string of the molecule is Cc1c(Cl)cccc1NC(=O)[C@@H]1CC(=O)N([C@@H](C)c2ccccc2)C1. The molecule has 0 bridgehead atoms. The molecule has 0 aromatic heterocycles. The summed E-state index contributed by atoms with van der Waals surface area (Å²) >= 11 is 6.10. The van der Waals surface area contributed by atoms with Crippen molar-refractivity contribution in [2.24, 2.45) is 5.92 Å². The second-order valence-corrected chi connectivity index (χ2v) is 6.84. The highest BCUT2D eigenvalue weighted by atomic mass is 35.5. The van der Waals surface area contributed by atoms with Crippen LogP contribution in [-0.4, -0.2) is 23.3 Å². The van der Waals surface area contributed by atoms with Crippen LogP contribution in [0.25, 0.3) is 0 Å². The average Bonchev–Trinajstić information content (AvgIpc) is 3.01. The highest BCUT2D eigenvalue weighted by Crippen LogP contribution is 2.30. The van der Waals surface area contributed by atoms with Crippen molar-refractivity contribution in [2.45, 2.75) is 26.3 Å². The number of anilines is 1. The highest BCUT2D eigenvalue weighted by Gasteiger charge is 2.37. The number of amides is 2. The van der Waals surface area contributed by atoms with Gasteiger partial charge in [0.2, 0.25) is 11.8 Å². The third-order valence-electron chi connectivity index (χ3n) is 4.80. The van der Waals surface area contributed by atoms with E-state index in [-0.39, 0.29) is 30.2 Å². The minimum atomic E-state index is -0.350. The maximum absolute atomic E-state index is 12.6. The standard InChI is InChI=1S/C20H21ClN2O2/c1-13-17(21)9-6-10-18(13)22-20(25)16-11-19(24)23(12-16)14(2)15-7-4-3-5-8-15/h3-10,14,16H,11-12H2,1-2H3,(H,22,25)/t14-,16+/m0/s1. The van der Waals surface area contributed by atoms with Crippen molar-refractivity contribution in [2.75, 3.05) is 11.9 Å². The van der Waals surface area contributed by atoms with Gasteiger partial charge in [0.05, 0.1) is 12.0 Å². The van der Waals surface area contributed by atoms with Crippen LogP contribution in [0.4, 0.5) is 5.69 Å². The third-order valence-corrected chi connectivity index (χ3v) is 5.21. The van der Waals surface area contributed by atoms with E-state index in [0.29, 0.717) is 17.3 Å². The fourth-order valence-electron chi connectivity index (χ4n) is 3.17. The Labute approximate surface area is 152 Å². The third kappa shape index (κ3) is 3.69. The molecule has 130 valence electrons. The number of carbonyl (C=O) groups excluding carboxylic acids is 2. The van der Waals surface area contributed by atoms with Crippen LogP contribution in [0.1, 0.15) is 30.5 Å². The Morgan fingerprint density at radius 1 is 1.20 bits per heavy atom. The van der Waals surface area contributed by atoms with E-state index in [1.165, 1.54) is 0 Å². The van der Waals surface area contributed by atoms with Crippen molar-refractivity contribution < 1.29 is 9.59 Å². The molecule has 0 unspecified atom stereocenters. The molecular weight excluding hydrogens is 336 g/mol. The normalized spacial score (nSPS) is 18.3. The maximum atomic E-state index is 12.6. The number of nitrogens with zero attached hydrogens (tertiary/aromatic N) is 1. The summed E-state index contributed by atoms with van der Waals surface area (Å²) in [7, 11) is 0. The lowest BCUT2D eigenvalue weighted by molar-refractivity contribution is -0.129. The van der Waals surface area contributed by atoms with Crippen LogP contribution in [0.3, 0.4) is 0 Å². The Balaban J connectivity index is 1.69. The van der Waals surface area contributed by atoms with Gasteiger partial charge in [-0.15, -0.1) is 0 Å². The Morgan fingerprint density at radius 2 is 1.92 bits per heavy atom. The number of rotatable bonds is 4. The monoisotopic (exact) mass is 356 g/mol. The number of hydrogen-bond acceptors (Lipinski definition) is 2. The van der Waals surface area contributed by atoms with Gasteiger partial charge in [-0.2, -0.15) is 0 Å². The van der Waals surface area contributed by atoms with Gasteiger partial charge in [0.15, 0.2) is 0 Å². The summed E-state index contributed by atoms with van der Waals surface area (Å²) in [6, 6.07) is 15.2. The minimum Gasteiger partial charge on any atom is -0.335 e. The van der Waals surface area contributed by atoms with Crippen molar-refractivity contribution in [1.29, 1.82) is 0 Å². The molecule has 2 atom stereocenters. The van der Waals surface area contributed by atoms with E-state index >= 15 is 0 Å². The van der Waals surface area contributed by atoms with Crippen LogP contribution in [0.15, 0.2) is 48.5 Å². The summed E-state index contributed by atoms with van der Waals surface area (Å²) in [5.41, 5.74) is 2.60. The first-order chi connectivity index (χ1) is 12.0. The van der Waals surface area contributed by atoms with Gasteiger partial charge in [-0.1, -0.05) is 48.0 Å². The molecule has 3 rings (SSSR count). The van der Waals surface area contributed by atoms with Crippen LogP contribution in [-0.2, 0) is 9.59 Å². The van der Waals surface area contributed by atoms with Crippen LogP contribution in [0.2, 0.25) is 5.02 Å². The van der Waals surface area contributed by atoms with Crippen LogP contribution in [0.5, 0.6) is 0 Å². The second-order valence-electron chi connectivity index (χ2n) is 6.44. The summed E-state index contributed by atoms with van der Waals surface area (Å²) in [4.78, 5) is 26.8. The molecule has 4 nitrogen and oxygen atoms in total. The van der Waals surface area contributed by atoms with Crippen LogP contribution < -0.4 is 5.32 Å². The molecule has 1 aliphatic rings. The summed E-state index contributed by atoms with van der Waals surface area (Å²) in [5, 5.41) is 3.52. The smallest absolute Gasteiger partial charge is 0.229 e. The van der Waals surface area contributed by atoms with E-state index < -0.39 is 0 Å². The molecule has 25 heavy (non-hydrogen) atoms. The fourth-order valence-corrected chi connectivity index (χ4v) is 3.35. The summed E-state index contributed by atoms with van der Waals surface area (Å²) < 4.78 is 0. The van der Waals surface area contributed by atoms with E-state index in [9.17, 15) is 9.59 Å². The van der Waals surface area contributed by atoms with Gasteiger partial charge in [-0.3, -0.25) is 9.59 Å². The topological polar surface area (TPSA) is 49.4 Å². The highest BCUT2D eigenvalue weighted by molar-refractivity contribution is 6.31. The first kappa shape index (κ1) is 17.5. The Morgan fingerprint density at radius 3 is 2.64 bits per heavy atom. The number of hydrogen-bond donors (Lipinski definition) is 1. The minimum absolute atomic E-state index is 0.0133. The van der Waals surface area contributed by atoms with Gasteiger partial charge in [-0.05, 0) is 37.1 Å². The molecule has 2 aromatic rings. The van der Waals surface area contributed by atoms with Crippen molar-refractivity contribution >= 4 is 29.1 Å². The Hall–Kier alpha value is -2.33. The summed E-state index contributed by atoms with van der Waals surface area (Å²) in [6.45, 7) is 4.29. The lowest BCUT2D eigenvalue weighted by Crippen LogP contribution is -2.30. The molecule has 1 saturated heterocycles. The van der Waals surface area contributed by atoms with E-state index in [1.807, 2.05) is 50.2 Å². The number of halogens is 1. The molecule has 2 aromatic carbocycles. The van der Waals surface area contributed by atoms with E-state index in [2.05, 4.69) is 5.32 Å². The molecule has 1 heterocycles. The van der Waals surface area contributed by atoms with Crippen molar-refractivity contribution in [3.63, 3.8) is 0 Å². The fraction of sp³-hybridized carbons (Fsp3) is 0.300. The Bertz CT molecular complexity index is 792. The van der Waals surface area contributed by atoms with Gasteiger partial charge in [0.25, 0.3) is 0 Å². The molecule has 0 radical (unpaired) electrons. The molecular formula is C20H21ClN2O2. The zero-order valence-electron chi connectivity index (χ0n) is 14.3. The Kier molecular flexibility index (Phi) is 5.09. The predicted molar refractivity (Wildman–Crippen MR) is 99.5 cm³/mol. The first-order valence-corrected chi connectivity index (χ1v) is 8.75. The van der Waals surface area contributed by atoms with Gasteiger partial charge < -0.3 is 10.2 Å². The van der Waals surface area contributed by atoms with E-state index in [1.54, 1.807) is 17.0 Å². The second kappa shape index (κ2) is 7.28. The number of carbonyl (C=O) groups is 2. The summed E-state index contributed by atoms with van der Waals surface area (Å²) in [5.74, 6) is -0.474. The first-order valence-electron chi connectivity index (χ1n) is 8.37. The van der Waals surface area contributed by atoms with Crippen molar-refractivity contribution in [1.82, 2.24) is 4.90 Å². The van der Waals surface area contributed by atoms with Crippen molar-refractivity contribution in [3.8, 4) is 0 Å². The number of benzene rings is 2. The zero-order valence-corrected chi connectivity index (χ0v) is 15.1. The molecule has 1 fully saturated rings. The average molecular weight is 357 g/mol. The molecule has 2 amide bonds. The molecule has 1 N–H and O–H groups in total. The van der Waals surface area contributed by atoms with Gasteiger partial charge in [0.1, 0.15) is 0 Å². The lowest BCUT2D eigenvalue weighted by Gasteiger charge is -2.25. The quantitative estimate of drug-likeness (QED) is 0.892. The summed E-state index contributed by atoms with van der Waals surface area (Å²) in [6.07, 6.45) is 0.239. The van der Waals surface area contributed by atoms with Crippen LogP contribution in [0, 0.1) is 12.8 Å². The predicted octanol–water partition coefficient (Wildman–Crippen LogP) is 4.20. The number of nitrogens with one attached hydrogen (secondary N) is 1. The van der Waals surface area contributed by atoms with Crippen LogP contribution >= 0.6 is 11.6 Å². The van der Waals surface area contributed by atoms with Gasteiger partial charge >= 0.3 is 0 Å². The van der Waals surface area contributed by atoms with Crippen molar-refractivity contribution in [3.05, 3.63) is 64.7 Å². The lowest BCUT2D eigenvalue weighted by atomic mass is 10.1.